The molecule has 0 aromatic heterocycles. The molecule has 0 aliphatic carbocycles. The second kappa shape index (κ2) is 14.4. The molecule has 0 radical (unpaired) electrons. The fourth-order valence-electron chi connectivity index (χ4n) is 5.98. The van der Waals surface area contributed by atoms with Crippen molar-refractivity contribution in [2.75, 3.05) is 0 Å². The third-order valence-corrected chi connectivity index (χ3v) is 14.3. The summed E-state index contributed by atoms with van der Waals surface area (Å²) in [4.78, 5) is 0. The molecule has 4 nitrogen and oxygen atoms in total. The summed E-state index contributed by atoms with van der Waals surface area (Å²) >= 11 is 0. The van der Waals surface area contributed by atoms with E-state index in [9.17, 15) is 9.13 Å². The Bertz CT molecular complexity index is 1760. The third-order valence-electron chi connectivity index (χ3n) is 8.18. The van der Waals surface area contributed by atoms with Gasteiger partial charge < -0.3 is 18.6 Å². The summed E-state index contributed by atoms with van der Waals surface area (Å²) in [6, 6.07) is 53.8. The number of hydrogen-bond acceptors (Lipinski definition) is 4. The molecule has 0 amide bonds. The van der Waals surface area contributed by atoms with E-state index in [4.69, 9.17) is 9.47 Å². The van der Waals surface area contributed by atoms with Gasteiger partial charge in [0.05, 0.1) is 12.2 Å². The molecule has 6 aromatic rings. The van der Waals surface area contributed by atoms with Crippen LogP contribution in [0.2, 0.25) is 0 Å². The van der Waals surface area contributed by atoms with Gasteiger partial charge in [0.15, 0.2) is 14.3 Å². The van der Waals surface area contributed by atoms with Crippen molar-refractivity contribution in [3.05, 3.63) is 170 Å². The molecule has 0 saturated carbocycles. The van der Waals surface area contributed by atoms with Crippen LogP contribution >= 0.6 is 14.3 Å². The van der Waals surface area contributed by atoms with Crippen molar-refractivity contribution < 1.29 is 18.6 Å². The summed E-state index contributed by atoms with van der Waals surface area (Å²) in [6.07, 6.45) is 0.241. The smallest absolute Gasteiger partial charge is 0.171 e. The van der Waals surface area contributed by atoms with E-state index in [1.807, 2.05) is 184 Å². The van der Waals surface area contributed by atoms with Crippen LogP contribution in [0.3, 0.4) is 0 Å². The summed E-state index contributed by atoms with van der Waals surface area (Å²) in [6.45, 7) is 4.02. The van der Waals surface area contributed by atoms with Gasteiger partial charge in [-0.25, -0.2) is 0 Å². The fourth-order valence-corrected chi connectivity index (χ4v) is 11.3. The highest BCUT2D eigenvalue weighted by Gasteiger charge is 2.31. The first-order chi connectivity index (χ1) is 22.9. The first-order valence-corrected chi connectivity index (χ1v) is 19.3. The van der Waals surface area contributed by atoms with E-state index >= 15 is 0 Å². The lowest BCUT2D eigenvalue weighted by molar-refractivity contribution is 0.131. The average Bonchev–Trinajstić information content (AvgIpc) is 3.12. The van der Waals surface area contributed by atoms with Crippen molar-refractivity contribution >= 4 is 46.1 Å². The predicted molar refractivity (Wildman–Crippen MR) is 196 cm³/mol. The van der Waals surface area contributed by atoms with Crippen LogP contribution in [0.1, 0.15) is 20.3 Å². The summed E-state index contributed by atoms with van der Waals surface area (Å²) in [5, 5.41) is 4.58. The van der Waals surface area contributed by atoms with Crippen molar-refractivity contribution in [1.82, 2.24) is 0 Å². The fraction of sp³-hybridized carbons (Fsp3) is 0.122. The van der Waals surface area contributed by atoms with Crippen molar-refractivity contribution in [2.24, 2.45) is 0 Å². The van der Waals surface area contributed by atoms with E-state index < -0.39 is 14.3 Å². The Labute approximate surface area is 277 Å². The summed E-state index contributed by atoms with van der Waals surface area (Å²) in [5.41, 5.74) is 0. The van der Waals surface area contributed by atoms with Crippen LogP contribution in [0.4, 0.5) is 0 Å². The minimum atomic E-state index is -3.11. The maximum Gasteiger partial charge on any atom is 0.171 e. The number of ether oxygens (including phenoxy) is 2. The lowest BCUT2D eigenvalue weighted by Gasteiger charge is -2.23. The van der Waals surface area contributed by atoms with E-state index in [0.717, 1.165) is 31.8 Å². The quantitative estimate of drug-likeness (QED) is 0.128. The van der Waals surface area contributed by atoms with Gasteiger partial charge in [-0.15, -0.1) is 0 Å². The maximum atomic E-state index is 14.8. The standard InChI is InChI=1S/C41H38O4P2/c1-32(44-34-17-15-27-40(30-34)46(42,36-19-7-3-8-20-36)37-21-9-4-10-22-37)29-33(2)45-35-18-16-28-41(31-35)47(43,38-23-11-5-12-24-38)39-25-13-6-14-26-39/h3-28,30-33H,29H2,1-2H3/t32-,33-/m1/s1. The van der Waals surface area contributed by atoms with Crippen molar-refractivity contribution in [2.45, 2.75) is 32.5 Å². The Balaban J connectivity index is 1.19. The Kier molecular flexibility index (Phi) is 9.92. The van der Waals surface area contributed by atoms with E-state index in [-0.39, 0.29) is 12.2 Å². The van der Waals surface area contributed by atoms with E-state index in [1.54, 1.807) is 0 Å². The normalized spacial score (nSPS) is 13.0. The SMILES string of the molecule is C[C@H](C[C@@H](C)Oc1cccc(P(=O)(c2ccccc2)c2ccccc2)c1)Oc1cccc(P(=O)(c2ccccc2)c2ccccc2)c1. The van der Waals surface area contributed by atoms with Gasteiger partial charge in [0.1, 0.15) is 11.5 Å². The van der Waals surface area contributed by atoms with Crippen LogP contribution in [0.5, 0.6) is 11.5 Å². The van der Waals surface area contributed by atoms with Crippen LogP contribution in [0.25, 0.3) is 0 Å². The Morgan fingerprint density at radius 3 is 0.979 bits per heavy atom. The molecule has 0 heterocycles. The third kappa shape index (κ3) is 7.05. The molecule has 0 spiro atoms. The summed E-state index contributed by atoms with van der Waals surface area (Å²) < 4.78 is 42.4. The monoisotopic (exact) mass is 656 g/mol. The molecule has 6 aromatic carbocycles. The molecule has 0 aliphatic heterocycles. The number of rotatable bonds is 12. The average molecular weight is 657 g/mol. The van der Waals surface area contributed by atoms with Gasteiger partial charge in [0.2, 0.25) is 0 Å². The zero-order chi connectivity index (χ0) is 32.7. The molecule has 6 rings (SSSR count). The first-order valence-electron chi connectivity index (χ1n) is 15.8. The van der Waals surface area contributed by atoms with Gasteiger partial charge >= 0.3 is 0 Å². The molecule has 0 unspecified atom stereocenters. The summed E-state index contributed by atoms with van der Waals surface area (Å²) in [7, 11) is -6.22. The largest absolute Gasteiger partial charge is 0.491 e. The molecule has 2 atom stereocenters. The minimum Gasteiger partial charge on any atom is -0.491 e. The van der Waals surface area contributed by atoms with Gasteiger partial charge in [-0.1, -0.05) is 146 Å². The lowest BCUT2D eigenvalue weighted by atomic mass is 10.2. The number of benzene rings is 6. The van der Waals surface area contributed by atoms with Gasteiger partial charge in [0, 0.05) is 38.2 Å². The van der Waals surface area contributed by atoms with Crippen molar-refractivity contribution in [3.8, 4) is 11.5 Å². The van der Waals surface area contributed by atoms with E-state index in [2.05, 4.69) is 0 Å². The molecule has 47 heavy (non-hydrogen) atoms. The molecule has 0 aliphatic rings. The van der Waals surface area contributed by atoms with Crippen LogP contribution in [0, 0.1) is 0 Å². The van der Waals surface area contributed by atoms with Crippen LogP contribution < -0.4 is 41.3 Å². The molecular formula is C41H38O4P2. The van der Waals surface area contributed by atoms with Crippen LogP contribution in [0.15, 0.2) is 170 Å². The predicted octanol–water partition coefficient (Wildman–Crippen LogP) is 7.59. The molecule has 0 N–H and O–H groups in total. The van der Waals surface area contributed by atoms with E-state index in [0.29, 0.717) is 17.9 Å². The zero-order valence-corrected chi connectivity index (χ0v) is 28.3. The van der Waals surface area contributed by atoms with Crippen LogP contribution in [-0.2, 0) is 9.13 Å². The molecular weight excluding hydrogens is 618 g/mol. The van der Waals surface area contributed by atoms with Crippen molar-refractivity contribution in [3.63, 3.8) is 0 Å². The lowest BCUT2D eigenvalue weighted by Crippen LogP contribution is -2.26. The van der Waals surface area contributed by atoms with Gasteiger partial charge in [-0.3, -0.25) is 0 Å². The minimum absolute atomic E-state index is 0.184. The molecule has 6 heteroatoms. The summed E-state index contributed by atoms with van der Waals surface area (Å²) in [5.74, 6) is 1.31. The van der Waals surface area contributed by atoms with Gasteiger partial charge in [-0.2, -0.15) is 0 Å². The second-order valence-corrected chi connectivity index (χ2v) is 17.2. The molecule has 0 fully saturated rings. The zero-order valence-electron chi connectivity index (χ0n) is 26.6. The Morgan fingerprint density at radius 1 is 0.404 bits per heavy atom. The highest BCUT2D eigenvalue weighted by atomic mass is 31.2. The second-order valence-electron chi connectivity index (χ2n) is 11.6. The first kappa shape index (κ1) is 32.3. The number of hydrogen-bond donors (Lipinski definition) is 0. The van der Waals surface area contributed by atoms with Gasteiger partial charge in [0.25, 0.3) is 0 Å². The van der Waals surface area contributed by atoms with Crippen molar-refractivity contribution in [1.29, 1.82) is 0 Å². The maximum absolute atomic E-state index is 14.8. The Morgan fingerprint density at radius 2 is 0.681 bits per heavy atom. The molecule has 0 bridgehead atoms. The molecule has 0 saturated heterocycles. The highest BCUT2D eigenvalue weighted by Crippen LogP contribution is 2.44. The van der Waals surface area contributed by atoms with Gasteiger partial charge in [-0.05, 0) is 38.1 Å². The Hall–Kier alpha value is -4.62. The highest BCUT2D eigenvalue weighted by molar-refractivity contribution is 7.85. The topological polar surface area (TPSA) is 52.6 Å². The molecule has 236 valence electrons. The van der Waals surface area contributed by atoms with E-state index in [1.165, 1.54) is 0 Å². The van der Waals surface area contributed by atoms with Crippen LogP contribution in [-0.4, -0.2) is 12.2 Å².